The summed E-state index contributed by atoms with van der Waals surface area (Å²) in [5.74, 6) is -0.936. The number of aromatic nitrogens is 3. The molecule has 1 aliphatic heterocycles. The Morgan fingerprint density at radius 2 is 2.12 bits per heavy atom. The van der Waals surface area contributed by atoms with E-state index in [-0.39, 0.29) is 36.9 Å². The molecule has 0 atom stereocenters. The first kappa shape index (κ1) is 18.1. The van der Waals surface area contributed by atoms with Gasteiger partial charge >= 0.3 is 5.97 Å². The molecule has 0 bridgehead atoms. The summed E-state index contributed by atoms with van der Waals surface area (Å²) in [6, 6.07) is 7.11. The first-order valence-electron chi connectivity index (χ1n) is 7.69. The van der Waals surface area contributed by atoms with Gasteiger partial charge < -0.3 is 20.1 Å². The lowest BCUT2D eigenvalue weighted by Crippen LogP contribution is -2.31. The molecule has 0 aliphatic carbocycles. The number of carbonyl (C=O) groups excluding carboxylic acids is 2. The van der Waals surface area contributed by atoms with Crippen molar-refractivity contribution in [3.05, 3.63) is 46.6 Å². The molecule has 2 heterocycles. The van der Waals surface area contributed by atoms with Crippen molar-refractivity contribution in [2.75, 3.05) is 32.1 Å². The highest BCUT2D eigenvalue weighted by Gasteiger charge is 2.34. The lowest BCUT2D eigenvalue weighted by molar-refractivity contribution is -0.136. The van der Waals surface area contributed by atoms with E-state index in [9.17, 15) is 9.59 Å². The minimum atomic E-state index is -0.578. The standard InChI is InChI=1S/C16H16BrN5O4/c1-26-15(25)12-8-21(6-7-23)14(24)13(12)19-10-2-4-11(5-3-10)22-9-18-16(17)20-22/h2-5,9,19,23H,6-8H2,1H3. The molecule has 0 saturated heterocycles. The van der Waals surface area contributed by atoms with Crippen LogP contribution in [0, 0.1) is 0 Å². The Labute approximate surface area is 157 Å². The Bertz CT molecular complexity index is 862. The van der Waals surface area contributed by atoms with Crippen molar-refractivity contribution >= 4 is 33.5 Å². The minimum Gasteiger partial charge on any atom is -0.466 e. The molecule has 26 heavy (non-hydrogen) atoms. The van der Waals surface area contributed by atoms with Crippen LogP contribution in [-0.4, -0.2) is 63.5 Å². The number of carbonyl (C=O) groups is 2. The summed E-state index contributed by atoms with van der Waals surface area (Å²) in [5.41, 5.74) is 1.80. The lowest BCUT2D eigenvalue weighted by Gasteiger charge is -2.15. The number of methoxy groups -OCH3 is 1. The van der Waals surface area contributed by atoms with Crippen molar-refractivity contribution in [2.24, 2.45) is 0 Å². The topological polar surface area (TPSA) is 110 Å². The van der Waals surface area contributed by atoms with Crippen LogP contribution in [0.4, 0.5) is 5.69 Å². The summed E-state index contributed by atoms with van der Waals surface area (Å²) in [4.78, 5) is 29.8. The Morgan fingerprint density at radius 1 is 1.38 bits per heavy atom. The second kappa shape index (κ2) is 7.67. The predicted octanol–water partition coefficient (Wildman–Crippen LogP) is 0.703. The molecular formula is C16H16BrN5O4. The highest BCUT2D eigenvalue weighted by molar-refractivity contribution is 9.10. The molecule has 10 heteroatoms. The number of anilines is 1. The smallest absolute Gasteiger partial charge is 0.337 e. The van der Waals surface area contributed by atoms with E-state index in [2.05, 4.69) is 31.3 Å². The second-order valence-electron chi connectivity index (χ2n) is 5.43. The lowest BCUT2D eigenvalue weighted by atomic mass is 10.2. The molecular weight excluding hydrogens is 406 g/mol. The van der Waals surface area contributed by atoms with E-state index in [1.807, 2.05) is 0 Å². The number of nitrogens with one attached hydrogen (secondary N) is 1. The Hall–Kier alpha value is -2.72. The molecule has 9 nitrogen and oxygen atoms in total. The van der Waals surface area contributed by atoms with Crippen molar-refractivity contribution in [1.29, 1.82) is 0 Å². The number of aliphatic hydroxyl groups is 1. The number of hydrogen-bond acceptors (Lipinski definition) is 7. The molecule has 1 aliphatic rings. The van der Waals surface area contributed by atoms with Crippen molar-refractivity contribution in [3.63, 3.8) is 0 Å². The number of amides is 1. The van der Waals surface area contributed by atoms with Gasteiger partial charge in [-0.1, -0.05) is 0 Å². The van der Waals surface area contributed by atoms with E-state index in [1.165, 1.54) is 12.0 Å². The average Bonchev–Trinajstić information content (AvgIpc) is 3.21. The number of ether oxygens (including phenoxy) is 1. The zero-order valence-electron chi connectivity index (χ0n) is 13.8. The van der Waals surface area contributed by atoms with E-state index >= 15 is 0 Å². The van der Waals surface area contributed by atoms with Gasteiger partial charge in [-0.2, -0.15) is 0 Å². The fourth-order valence-corrected chi connectivity index (χ4v) is 2.82. The zero-order valence-corrected chi connectivity index (χ0v) is 15.4. The SMILES string of the molecule is COC(=O)C1=C(Nc2ccc(-n3cnc(Br)n3)cc2)C(=O)N(CCO)C1. The van der Waals surface area contributed by atoms with Crippen molar-refractivity contribution in [1.82, 2.24) is 19.7 Å². The summed E-state index contributed by atoms with van der Waals surface area (Å²) in [6.07, 6.45) is 1.57. The molecule has 0 saturated carbocycles. The number of β-amino-alcohol motifs (C(OH)–C–C–N with tert-alkyl or cyclic N) is 1. The number of benzene rings is 1. The third-order valence-corrected chi connectivity index (χ3v) is 4.18. The van der Waals surface area contributed by atoms with Crippen LogP contribution in [0.25, 0.3) is 5.69 Å². The van der Waals surface area contributed by atoms with Gasteiger partial charge in [0.05, 0.1) is 31.5 Å². The molecule has 3 rings (SSSR count). The Balaban J connectivity index is 1.83. The fourth-order valence-electron chi connectivity index (χ4n) is 2.56. The number of aliphatic hydroxyl groups excluding tert-OH is 1. The van der Waals surface area contributed by atoms with Crippen LogP contribution < -0.4 is 5.32 Å². The van der Waals surface area contributed by atoms with Gasteiger partial charge in [-0.05, 0) is 40.2 Å². The van der Waals surface area contributed by atoms with Gasteiger partial charge in [0.15, 0.2) is 0 Å². The fraction of sp³-hybridized carbons (Fsp3) is 0.250. The molecule has 1 aromatic carbocycles. The van der Waals surface area contributed by atoms with Crippen LogP contribution in [0.2, 0.25) is 0 Å². The maximum Gasteiger partial charge on any atom is 0.337 e. The highest BCUT2D eigenvalue weighted by Crippen LogP contribution is 2.23. The van der Waals surface area contributed by atoms with Crippen LogP contribution in [0.5, 0.6) is 0 Å². The number of hydrogen-bond donors (Lipinski definition) is 2. The summed E-state index contributed by atoms with van der Waals surface area (Å²) in [6.45, 7) is 0.0553. The summed E-state index contributed by atoms with van der Waals surface area (Å²) in [7, 11) is 1.26. The van der Waals surface area contributed by atoms with Crippen molar-refractivity contribution in [2.45, 2.75) is 0 Å². The van der Waals surface area contributed by atoms with E-state index in [4.69, 9.17) is 9.84 Å². The maximum absolute atomic E-state index is 12.5. The third-order valence-electron chi connectivity index (χ3n) is 3.82. The largest absolute Gasteiger partial charge is 0.466 e. The number of rotatable bonds is 6. The second-order valence-corrected chi connectivity index (χ2v) is 6.13. The van der Waals surface area contributed by atoms with Gasteiger partial charge in [0.25, 0.3) is 5.91 Å². The first-order chi connectivity index (χ1) is 12.5. The van der Waals surface area contributed by atoms with Gasteiger partial charge in [0.1, 0.15) is 12.0 Å². The molecule has 1 amide bonds. The molecule has 2 aromatic rings. The molecule has 1 aromatic heterocycles. The van der Waals surface area contributed by atoms with Crippen molar-refractivity contribution < 1.29 is 19.4 Å². The summed E-state index contributed by atoms with van der Waals surface area (Å²) in [5, 5.41) is 16.2. The monoisotopic (exact) mass is 421 g/mol. The van der Waals surface area contributed by atoms with Gasteiger partial charge in [-0.25, -0.2) is 14.5 Å². The van der Waals surface area contributed by atoms with Crippen LogP contribution in [0.1, 0.15) is 0 Å². The Morgan fingerprint density at radius 3 is 2.69 bits per heavy atom. The van der Waals surface area contributed by atoms with Crippen LogP contribution >= 0.6 is 15.9 Å². The molecule has 0 unspecified atom stereocenters. The maximum atomic E-state index is 12.5. The van der Waals surface area contributed by atoms with E-state index in [0.29, 0.717) is 10.4 Å². The minimum absolute atomic E-state index is 0.0967. The quantitative estimate of drug-likeness (QED) is 0.660. The average molecular weight is 422 g/mol. The predicted molar refractivity (Wildman–Crippen MR) is 95.4 cm³/mol. The van der Waals surface area contributed by atoms with Gasteiger partial charge in [-0.3, -0.25) is 4.79 Å². The van der Waals surface area contributed by atoms with Crippen LogP contribution in [0.15, 0.2) is 46.6 Å². The Kier molecular flexibility index (Phi) is 5.33. The normalized spacial score (nSPS) is 14.1. The molecule has 0 fully saturated rings. The highest BCUT2D eigenvalue weighted by atomic mass is 79.9. The van der Waals surface area contributed by atoms with Crippen LogP contribution in [0.3, 0.4) is 0 Å². The number of esters is 1. The van der Waals surface area contributed by atoms with E-state index < -0.39 is 5.97 Å². The summed E-state index contributed by atoms with van der Waals surface area (Å²) >= 11 is 3.19. The van der Waals surface area contributed by atoms with Gasteiger partial charge in [0, 0.05) is 12.2 Å². The third kappa shape index (κ3) is 3.60. The van der Waals surface area contributed by atoms with Crippen molar-refractivity contribution in [3.8, 4) is 5.69 Å². The number of halogens is 1. The van der Waals surface area contributed by atoms with E-state index in [1.54, 1.807) is 35.3 Å². The van der Waals surface area contributed by atoms with Gasteiger partial charge in [-0.15, -0.1) is 5.10 Å². The first-order valence-corrected chi connectivity index (χ1v) is 8.49. The van der Waals surface area contributed by atoms with Gasteiger partial charge in [0.2, 0.25) is 4.73 Å². The summed E-state index contributed by atoms with van der Waals surface area (Å²) < 4.78 is 6.83. The van der Waals surface area contributed by atoms with Crippen LogP contribution in [-0.2, 0) is 14.3 Å². The molecule has 0 spiro atoms. The zero-order chi connectivity index (χ0) is 18.7. The molecule has 0 radical (unpaired) electrons. The molecule has 2 N–H and O–H groups in total. The van der Waals surface area contributed by atoms with E-state index in [0.717, 1.165) is 5.69 Å². The number of nitrogens with zero attached hydrogens (tertiary/aromatic N) is 4. The molecule has 136 valence electrons.